The fourth-order valence-corrected chi connectivity index (χ4v) is 6.10. The predicted molar refractivity (Wildman–Crippen MR) is 126 cm³/mol. The number of halogens is 1. The maximum atomic E-state index is 13.5. The summed E-state index contributed by atoms with van der Waals surface area (Å²) in [5, 5.41) is 1.95. The van der Waals surface area contributed by atoms with E-state index in [1.54, 1.807) is 40.5 Å². The fraction of sp³-hybridized carbons (Fsp3) is 0.292. The van der Waals surface area contributed by atoms with Gasteiger partial charge in [0.25, 0.3) is 0 Å². The molecule has 1 amide bonds. The molecular weight excluding hydrogens is 463 g/mol. The lowest BCUT2D eigenvalue weighted by Gasteiger charge is -2.33. The zero-order chi connectivity index (χ0) is 23.4. The molecule has 0 spiro atoms. The van der Waals surface area contributed by atoms with Crippen molar-refractivity contribution in [3.63, 3.8) is 0 Å². The van der Waals surface area contributed by atoms with E-state index < -0.39 is 10.0 Å². The first-order valence-electron chi connectivity index (χ1n) is 10.6. The molecule has 0 aliphatic carbocycles. The van der Waals surface area contributed by atoms with E-state index in [-0.39, 0.29) is 35.6 Å². The third-order valence-corrected chi connectivity index (χ3v) is 8.57. The number of piperidine rings is 1. The average Bonchev–Trinajstić information content (AvgIpc) is 3.36. The van der Waals surface area contributed by atoms with Gasteiger partial charge in [-0.1, -0.05) is 6.07 Å². The molecule has 174 valence electrons. The van der Waals surface area contributed by atoms with Gasteiger partial charge in [0.2, 0.25) is 15.9 Å². The number of hydrogen-bond donors (Lipinski definition) is 0. The van der Waals surface area contributed by atoms with Crippen LogP contribution in [0.3, 0.4) is 0 Å². The quantitative estimate of drug-likeness (QED) is 0.490. The van der Waals surface area contributed by atoms with Gasteiger partial charge in [-0.25, -0.2) is 12.8 Å². The fourth-order valence-electron chi connectivity index (χ4n) is 3.94. The highest BCUT2D eigenvalue weighted by atomic mass is 32.2. The van der Waals surface area contributed by atoms with Crippen molar-refractivity contribution in [2.45, 2.75) is 24.3 Å². The van der Waals surface area contributed by atoms with Crippen LogP contribution in [0.15, 0.2) is 70.9 Å². The van der Waals surface area contributed by atoms with Crippen LogP contribution in [0.5, 0.6) is 5.75 Å². The lowest BCUT2D eigenvalue weighted by molar-refractivity contribution is -0.123. The molecule has 1 fully saturated rings. The summed E-state index contributed by atoms with van der Waals surface area (Å²) in [5.74, 6) is -0.155. The highest BCUT2D eigenvalue weighted by molar-refractivity contribution is 7.89. The molecule has 2 aromatic carbocycles. The Bertz CT molecular complexity index is 1170. The van der Waals surface area contributed by atoms with E-state index in [1.807, 2.05) is 17.5 Å². The van der Waals surface area contributed by atoms with Gasteiger partial charge in [-0.15, -0.1) is 11.3 Å². The topological polar surface area (TPSA) is 66.9 Å². The summed E-state index contributed by atoms with van der Waals surface area (Å²) in [4.78, 5) is 16.4. The molecule has 0 saturated carbocycles. The van der Waals surface area contributed by atoms with Gasteiger partial charge in [-0.05, 0) is 72.8 Å². The summed E-state index contributed by atoms with van der Waals surface area (Å²) in [5.41, 5.74) is 0.628. The van der Waals surface area contributed by atoms with Crippen LogP contribution in [0.2, 0.25) is 0 Å². The minimum atomic E-state index is -3.64. The third kappa shape index (κ3) is 5.26. The molecule has 0 bridgehead atoms. The van der Waals surface area contributed by atoms with Crippen molar-refractivity contribution in [1.82, 2.24) is 4.31 Å². The van der Waals surface area contributed by atoms with Crippen LogP contribution < -0.4 is 9.64 Å². The van der Waals surface area contributed by atoms with Crippen molar-refractivity contribution < 1.29 is 22.3 Å². The molecule has 0 atom stereocenters. The van der Waals surface area contributed by atoms with Crippen molar-refractivity contribution >= 4 is 33.0 Å². The van der Waals surface area contributed by atoms with Crippen molar-refractivity contribution in [2.24, 2.45) is 5.92 Å². The van der Waals surface area contributed by atoms with Crippen LogP contribution in [0.1, 0.15) is 17.7 Å². The van der Waals surface area contributed by atoms with E-state index in [4.69, 9.17) is 4.74 Å². The summed E-state index contributed by atoms with van der Waals surface area (Å²) < 4.78 is 46.0. The van der Waals surface area contributed by atoms with Crippen molar-refractivity contribution in [3.8, 4) is 5.75 Å². The molecule has 1 aromatic heterocycles. The maximum absolute atomic E-state index is 13.5. The van der Waals surface area contributed by atoms with Crippen LogP contribution in [-0.2, 0) is 21.4 Å². The van der Waals surface area contributed by atoms with E-state index >= 15 is 0 Å². The van der Waals surface area contributed by atoms with E-state index in [2.05, 4.69) is 0 Å². The Morgan fingerprint density at radius 2 is 1.76 bits per heavy atom. The minimum Gasteiger partial charge on any atom is -0.497 e. The number of nitrogens with zero attached hydrogens (tertiary/aromatic N) is 2. The highest BCUT2D eigenvalue weighted by Crippen LogP contribution is 2.29. The number of anilines is 1. The highest BCUT2D eigenvalue weighted by Gasteiger charge is 2.34. The number of thiophene rings is 1. The summed E-state index contributed by atoms with van der Waals surface area (Å²) in [6.07, 6.45) is 0.854. The Morgan fingerprint density at radius 3 is 2.33 bits per heavy atom. The van der Waals surface area contributed by atoms with Crippen molar-refractivity contribution in [2.75, 3.05) is 25.1 Å². The second-order valence-electron chi connectivity index (χ2n) is 7.83. The van der Waals surface area contributed by atoms with Crippen LogP contribution >= 0.6 is 11.3 Å². The van der Waals surface area contributed by atoms with Gasteiger partial charge < -0.3 is 9.64 Å². The molecule has 3 aromatic rings. The van der Waals surface area contributed by atoms with Crippen LogP contribution in [0.25, 0.3) is 0 Å². The number of benzene rings is 2. The molecule has 4 rings (SSSR count). The van der Waals surface area contributed by atoms with Crippen LogP contribution in [-0.4, -0.2) is 38.8 Å². The van der Waals surface area contributed by atoms with Crippen molar-refractivity contribution in [3.05, 3.63) is 76.7 Å². The van der Waals surface area contributed by atoms with Gasteiger partial charge in [0.05, 0.1) is 18.6 Å². The Balaban J connectivity index is 1.47. The summed E-state index contributed by atoms with van der Waals surface area (Å²) in [7, 11) is -2.11. The zero-order valence-electron chi connectivity index (χ0n) is 18.2. The molecule has 33 heavy (non-hydrogen) atoms. The summed E-state index contributed by atoms with van der Waals surface area (Å²) >= 11 is 1.55. The number of rotatable bonds is 7. The smallest absolute Gasteiger partial charge is 0.243 e. The SMILES string of the molecule is COc1ccc(S(=O)(=O)N2CCC(C(=O)N(Cc3cccs3)c3ccc(F)cc3)CC2)cc1. The van der Waals surface area contributed by atoms with Gasteiger partial charge in [-0.3, -0.25) is 4.79 Å². The Morgan fingerprint density at radius 1 is 1.09 bits per heavy atom. The Kier molecular flexibility index (Phi) is 7.11. The first kappa shape index (κ1) is 23.4. The van der Waals surface area contributed by atoms with Gasteiger partial charge in [-0.2, -0.15) is 4.31 Å². The van der Waals surface area contributed by atoms with Gasteiger partial charge >= 0.3 is 0 Å². The largest absolute Gasteiger partial charge is 0.497 e. The lowest BCUT2D eigenvalue weighted by atomic mass is 9.96. The normalized spacial score (nSPS) is 15.3. The average molecular weight is 489 g/mol. The number of amides is 1. The maximum Gasteiger partial charge on any atom is 0.243 e. The number of hydrogen-bond acceptors (Lipinski definition) is 5. The molecule has 0 unspecified atom stereocenters. The molecule has 1 aliphatic heterocycles. The number of carbonyl (C=O) groups excluding carboxylic acids is 1. The predicted octanol–water partition coefficient (Wildman–Crippen LogP) is 4.53. The molecule has 0 N–H and O–H groups in total. The summed E-state index contributed by atoms with van der Waals surface area (Å²) in [6.45, 7) is 0.925. The molecule has 6 nitrogen and oxygen atoms in total. The first-order valence-corrected chi connectivity index (χ1v) is 12.9. The molecule has 1 saturated heterocycles. The molecule has 0 radical (unpaired) electrons. The summed E-state index contributed by atoms with van der Waals surface area (Å²) in [6, 6.07) is 16.1. The lowest BCUT2D eigenvalue weighted by Crippen LogP contribution is -2.44. The van der Waals surface area contributed by atoms with E-state index in [0.717, 1.165) is 4.88 Å². The monoisotopic (exact) mass is 488 g/mol. The number of sulfonamides is 1. The molecule has 9 heteroatoms. The Hall–Kier alpha value is -2.75. The van der Waals surface area contributed by atoms with Crippen molar-refractivity contribution in [1.29, 1.82) is 0 Å². The first-order chi connectivity index (χ1) is 15.9. The second-order valence-corrected chi connectivity index (χ2v) is 10.8. The van der Waals surface area contributed by atoms with Gasteiger partial charge in [0.15, 0.2) is 0 Å². The number of methoxy groups -OCH3 is 1. The van der Waals surface area contributed by atoms with Gasteiger partial charge in [0.1, 0.15) is 11.6 Å². The van der Waals surface area contributed by atoms with E-state index in [0.29, 0.717) is 30.8 Å². The van der Waals surface area contributed by atoms with E-state index in [9.17, 15) is 17.6 Å². The molecule has 2 heterocycles. The molecular formula is C24H25FN2O4S2. The van der Waals surface area contributed by atoms with Gasteiger partial charge in [0, 0.05) is 29.6 Å². The standard InChI is InChI=1S/C24H25FN2O4S2/c1-31-21-8-10-23(11-9-21)33(29,30)26-14-12-18(13-15-26)24(28)27(17-22-3-2-16-32-22)20-6-4-19(25)5-7-20/h2-11,16,18H,12-15,17H2,1H3. The Labute approximate surface area is 197 Å². The van der Waals surface area contributed by atoms with Crippen LogP contribution in [0.4, 0.5) is 10.1 Å². The zero-order valence-corrected chi connectivity index (χ0v) is 19.8. The minimum absolute atomic E-state index is 0.0727. The third-order valence-electron chi connectivity index (χ3n) is 5.80. The number of ether oxygens (including phenoxy) is 1. The van der Waals surface area contributed by atoms with Crippen LogP contribution in [0, 0.1) is 11.7 Å². The molecule has 1 aliphatic rings. The number of carbonyl (C=O) groups is 1. The van der Waals surface area contributed by atoms with E-state index in [1.165, 1.54) is 35.7 Å². The second kappa shape index (κ2) is 10.0.